The fourth-order valence-corrected chi connectivity index (χ4v) is 11.8. The first-order chi connectivity index (χ1) is 25.0. The Morgan fingerprint density at radius 2 is 1.14 bits per heavy atom. The van der Waals surface area contributed by atoms with Crippen molar-refractivity contribution in [3.05, 3.63) is 176 Å². The van der Waals surface area contributed by atoms with Gasteiger partial charge in [-0.05, 0) is 94.1 Å². The number of thiophene rings is 1. The molecule has 0 fully saturated rings. The van der Waals surface area contributed by atoms with E-state index in [9.17, 15) is 0 Å². The number of hydrogen-bond acceptors (Lipinski definition) is 2. The van der Waals surface area contributed by atoms with Gasteiger partial charge in [0, 0.05) is 52.5 Å². The van der Waals surface area contributed by atoms with Crippen molar-refractivity contribution in [3.8, 4) is 33.4 Å². The van der Waals surface area contributed by atoms with Crippen molar-refractivity contribution in [1.82, 2.24) is 0 Å². The third-order valence-electron chi connectivity index (χ3n) is 10.5. The summed E-state index contributed by atoms with van der Waals surface area (Å²) >= 11 is 1.94. The average molecular weight is 690 g/mol. The smallest absolute Gasteiger partial charge is 0.0540 e. The van der Waals surface area contributed by atoms with Crippen LogP contribution >= 0.6 is 21.4 Å². The van der Waals surface area contributed by atoms with Gasteiger partial charge in [0.2, 0.25) is 0 Å². The number of rotatable bonds is 5. The summed E-state index contributed by atoms with van der Waals surface area (Å²) in [6.45, 7) is 0. The van der Waals surface area contributed by atoms with Gasteiger partial charge in [-0.1, -0.05) is 127 Å². The molecule has 10 rings (SSSR count). The molecule has 0 amide bonds. The summed E-state index contributed by atoms with van der Waals surface area (Å²) < 4.78 is 2.77. The van der Waals surface area contributed by atoms with Crippen molar-refractivity contribution < 1.29 is 0 Å². The van der Waals surface area contributed by atoms with Crippen LogP contribution in [0, 0.1) is 0 Å². The lowest BCUT2D eigenvalue weighted by Crippen LogP contribution is -2.11. The monoisotopic (exact) mass is 689 g/mol. The predicted molar refractivity (Wildman–Crippen MR) is 224 cm³/mol. The minimum atomic E-state index is -1.26. The van der Waals surface area contributed by atoms with Crippen molar-refractivity contribution in [2.75, 3.05) is 17.4 Å². The summed E-state index contributed by atoms with van der Waals surface area (Å²) in [6, 6.07) is 64.9. The lowest BCUT2D eigenvalue weighted by atomic mass is 9.98. The normalized spacial score (nSPS) is 13.7. The first-order valence-electron chi connectivity index (χ1n) is 17.4. The highest BCUT2D eigenvalue weighted by Crippen LogP contribution is 2.69. The number of hydrogen-bond donors (Lipinski definition) is 0. The second-order valence-corrected chi connectivity index (χ2v) is 18.3. The molecule has 0 bridgehead atoms. The molecule has 0 radical (unpaired) electrons. The molecule has 0 aliphatic carbocycles. The molecule has 1 aliphatic heterocycles. The molecule has 0 N–H and O–H groups in total. The zero-order valence-corrected chi connectivity index (χ0v) is 30.1. The van der Waals surface area contributed by atoms with E-state index in [1.165, 1.54) is 79.8 Å². The molecule has 1 nitrogen and oxygen atoms in total. The van der Waals surface area contributed by atoms with Crippen LogP contribution in [0.25, 0.3) is 64.3 Å². The third kappa shape index (κ3) is 4.84. The van der Waals surface area contributed by atoms with Crippen LogP contribution in [0.5, 0.6) is 0 Å². The molecule has 51 heavy (non-hydrogen) atoms. The second kappa shape index (κ2) is 11.7. The fourth-order valence-electron chi connectivity index (χ4n) is 7.98. The first-order valence-corrected chi connectivity index (χ1v) is 20.7. The van der Waals surface area contributed by atoms with Crippen LogP contribution in [0.3, 0.4) is 0 Å². The second-order valence-electron chi connectivity index (χ2n) is 13.7. The number of para-hydroxylation sites is 1. The highest BCUT2D eigenvalue weighted by atomic mass is 32.3. The van der Waals surface area contributed by atoms with E-state index in [-0.39, 0.29) is 0 Å². The Morgan fingerprint density at radius 3 is 2.00 bits per heavy atom. The van der Waals surface area contributed by atoms with Gasteiger partial charge in [-0.25, -0.2) is 0 Å². The highest BCUT2D eigenvalue weighted by Gasteiger charge is 2.35. The topological polar surface area (TPSA) is 3.24 Å². The molecule has 0 saturated heterocycles. The van der Waals surface area contributed by atoms with Gasteiger partial charge in [-0.3, -0.25) is 0 Å². The summed E-state index contributed by atoms with van der Waals surface area (Å²) in [5.41, 5.74) is 11.1. The Hall–Kier alpha value is -5.61. The third-order valence-corrected chi connectivity index (χ3v) is 14.6. The van der Waals surface area contributed by atoms with Crippen molar-refractivity contribution >= 4 is 69.4 Å². The number of nitrogens with zero attached hydrogens (tertiary/aromatic N) is 1. The number of anilines is 3. The first kappa shape index (κ1) is 30.2. The van der Waals surface area contributed by atoms with Crippen LogP contribution in [0.2, 0.25) is 0 Å². The zero-order valence-electron chi connectivity index (χ0n) is 28.5. The molecule has 244 valence electrons. The summed E-state index contributed by atoms with van der Waals surface area (Å²) in [5.74, 6) is 0. The van der Waals surface area contributed by atoms with E-state index >= 15 is 0 Å². The van der Waals surface area contributed by atoms with E-state index in [0.29, 0.717) is 0 Å². The summed E-state index contributed by atoms with van der Waals surface area (Å²) in [5, 5.41) is 5.22. The number of fused-ring (bicyclic) bond motifs is 8. The summed E-state index contributed by atoms with van der Waals surface area (Å²) in [7, 11) is -1.26. The van der Waals surface area contributed by atoms with Crippen LogP contribution < -0.4 is 4.90 Å². The summed E-state index contributed by atoms with van der Waals surface area (Å²) in [6.07, 6.45) is 4.95. The molecule has 8 aromatic carbocycles. The maximum atomic E-state index is 2.49. The van der Waals surface area contributed by atoms with Gasteiger partial charge < -0.3 is 4.90 Å². The van der Waals surface area contributed by atoms with Gasteiger partial charge >= 0.3 is 0 Å². The molecule has 0 saturated carbocycles. The molecule has 2 heterocycles. The number of benzene rings is 8. The standard InChI is InChI=1S/C48H35NS2/c1-51(2)45-29-28-41-40-17-9-11-19-44(40)50-48(41)47(45)42-27-26-38(31-46(42)51)49(37-24-22-34(23-25-37)32-12-4-3-5-13-32)43-18-10-8-16-39(43)36-21-20-33-14-6-7-15-35(33)30-36/h3-31H,1-2H3. The van der Waals surface area contributed by atoms with Gasteiger partial charge in [-0.15, -0.1) is 11.3 Å². The van der Waals surface area contributed by atoms with Crippen molar-refractivity contribution in [2.45, 2.75) is 9.79 Å². The Balaban J connectivity index is 1.17. The van der Waals surface area contributed by atoms with E-state index in [0.717, 1.165) is 11.4 Å². The SMILES string of the molecule is CS1(C)c2cc(N(c3ccc(-c4ccccc4)cc3)c3ccccc3-c3ccc4ccccc4c3)ccc2-c2c1ccc1c2sc2ccccc21. The van der Waals surface area contributed by atoms with Crippen LogP contribution in [0.15, 0.2) is 186 Å². The average Bonchev–Trinajstić information content (AvgIpc) is 3.67. The maximum absolute atomic E-state index is 2.49. The van der Waals surface area contributed by atoms with Crippen molar-refractivity contribution in [3.63, 3.8) is 0 Å². The Kier molecular flexibility index (Phi) is 6.96. The largest absolute Gasteiger partial charge is 0.310 e. The van der Waals surface area contributed by atoms with Crippen molar-refractivity contribution in [2.24, 2.45) is 0 Å². The Labute approximate surface area is 304 Å². The minimum absolute atomic E-state index is 1.14. The molecule has 9 aromatic rings. The van der Waals surface area contributed by atoms with Crippen LogP contribution in [0.4, 0.5) is 17.1 Å². The lowest BCUT2D eigenvalue weighted by Gasteiger charge is -2.31. The molecule has 0 unspecified atom stereocenters. The zero-order chi connectivity index (χ0) is 34.1. The van der Waals surface area contributed by atoms with Gasteiger partial charge in [0.25, 0.3) is 0 Å². The van der Waals surface area contributed by atoms with Gasteiger partial charge in [0.05, 0.1) is 5.69 Å². The molecular weight excluding hydrogens is 655 g/mol. The minimum Gasteiger partial charge on any atom is -0.310 e. The van der Waals surface area contributed by atoms with E-state index in [1.807, 2.05) is 11.3 Å². The summed E-state index contributed by atoms with van der Waals surface area (Å²) in [4.78, 5) is 5.41. The molecule has 0 atom stereocenters. The molecular formula is C48H35NS2. The highest BCUT2D eigenvalue weighted by molar-refractivity contribution is 8.33. The van der Waals surface area contributed by atoms with E-state index < -0.39 is 10.0 Å². The van der Waals surface area contributed by atoms with Crippen LogP contribution in [-0.2, 0) is 0 Å². The predicted octanol–water partition coefficient (Wildman–Crippen LogP) is 14.5. The van der Waals surface area contributed by atoms with E-state index in [1.54, 1.807) is 0 Å². The van der Waals surface area contributed by atoms with Gasteiger partial charge in [0.15, 0.2) is 0 Å². The van der Waals surface area contributed by atoms with E-state index in [2.05, 4.69) is 193 Å². The van der Waals surface area contributed by atoms with E-state index in [4.69, 9.17) is 0 Å². The maximum Gasteiger partial charge on any atom is 0.0540 e. The Bertz CT molecular complexity index is 2780. The lowest BCUT2D eigenvalue weighted by molar-refractivity contribution is 1.26. The molecule has 1 aliphatic rings. The van der Waals surface area contributed by atoms with Crippen LogP contribution in [0.1, 0.15) is 0 Å². The quantitative estimate of drug-likeness (QED) is 0.174. The molecule has 3 heteroatoms. The molecule has 0 spiro atoms. The van der Waals surface area contributed by atoms with Crippen LogP contribution in [-0.4, -0.2) is 12.5 Å². The molecule has 1 aromatic heterocycles. The van der Waals surface area contributed by atoms with Crippen molar-refractivity contribution in [1.29, 1.82) is 0 Å². The Morgan fingerprint density at radius 1 is 0.451 bits per heavy atom. The fraction of sp³-hybridized carbons (Fsp3) is 0.0417. The van der Waals surface area contributed by atoms with Gasteiger partial charge in [0.1, 0.15) is 0 Å². The van der Waals surface area contributed by atoms with Gasteiger partial charge in [-0.2, -0.15) is 10.0 Å².